The van der Waals surface area contributed by atoms with Crippen LogP contribution in [0, 0.1) is 0 Å². The number of sulfonamides is 1. The average molecular weight is 410 g/mol. The standard InChI is InChI=1S/C19H26N2O6S/c1-4-13-21(14-5-2)18(22)15-27-19(23)11-12-20-28(24,25)17-9-7-16(8-10-17)26-6-3/h4-5,7-10,20H,1-2,6,11-15H2,3H3. The number of nitrogens with one attached hydrogen (secondary N) is 1. The highest BCUT2D eigenvalue weighted by Gasteiger charge is 2.16. The molecule has 154 valence electrons. The maximum atomic E-state index is 12.2. The molecule has 0 fully saturated rings. The van der Waals surface area contributed by atoms with Crippen LogP contribution in [0.3, 0.4) is 0 Å². The minimum Gasteiger partial charge on any atom is -0.494 e. The van der Waals surface area contributed by atoms with E-state index >= 15 is 0 Å². The van der Waals surface area contributed by atoms with E-state index < -0.39 is 22.6 Å². The molecule has 1 aromatic rings. The lowest BCUT2D eigenvalue weighted by molar-refractivity contribution is -0.151. The summed E-state index contributed by atoms with van der Waals surface area (Å²) in [5.41, 5.74) is 0. The Morgan fingerprint density at radius 3 is 2.29 bits per heavy atom. The molecule has 0 aliphatic rings. The van der Waals surface area contributed by atoms with Crippen molar-refractivity contribution in [3.8, 4) is 5.75 Å². The number of nitrogens with zero attached hydrogens (tertiary/aromatic N) is 1. The molecule has 0 saturated heterocycles. The van der Waals surface area contributed by atoms with Crippen molar-refractivity contribution in [3.05, 3.63) is 49.6 Å². The first-order valence-electron chi connectivity index (χ1n) is 8.71. The zero-order chi connectivity index (χ0) is 21.0. The van der Waals surface area contributed by atoms with Crippen molar-refractivity contribution in [2.75, 3.05) is 32.8 Å². The maximum absolute atomic E-state index is 12.2. The molecule has 28 heavy (non-hydrogen) atoms. The number of esters is 1. The summed E-state index contributed by atoms with van der Waals surface area (Å²) in [7, 11) is -3.76. The van der Waals surface area contributed by atoms with E-state index in [4.69, 9.17) is 9.47 Å². The highest BCUT2D eigenvalue weighted by molar-refractivity contribution is 7.89. The first-order valence-corrected chi connectivity index (χ1v) is 10.2. The van der Waals surface area contributed by atoms with Crippen LogP contribution in [0.4, 0.5) is 0 Å². The van der Waals surface area contributed by atoms with Gasteiger partial charge in [0, 0.05) is 19.6 Å². The van der Waals surface area contributed by atoms with Gasteiger partial charge in [-0.15, -0.1) is 13.2 Å². The van der Waals surface area contributed by atoms with Gasteiger partial charge in [0.05, 0.1) is 17.9 Å². The molecule has 0 heterocycles. The van der Waals surface area contributed by atoms with Gasteiger partial charge in [-0.3, -0.25) is 9.59 Å². The Kier molecular flexibility index (Phi) is 9.97. The quantitative estimate of drug-likeness (QED) is 0.391. The zero-order valence-corrected chi connectivity index (χ0v) is 16.7. The molecule has 0 unspecified atom stereocenters. The third-order valence-electron chi connectivity index (χ3n) is 3.47. The molecule has 1 rings (SSSR count). The van der Waals surface area contributed by atoms with Crippen molar-refractivity contribution in [3.63, 3.8) is 0 Å². The fourth-order valence-electron chi connectivity index (χ4n) is 2.15. The third-order valence-corrected chi connectivity index (χ3v) is 4.95. The van der Waals surface area contributed by atoms with E-state index in [1.807, 2.05) is 6.92 Å². The summed E-state index contributed by atoms with van der Waals surface area (Å²) in [6.07, 6.45) is 2.91. The van der Waals surface area contributed by atoms with E-state index in [0.29, 0.717) is 25.4 Å². The van der Waals surface area contributed by atoms with E-state index in [0.717, 1.165) is 0 Å². The summed E-state index contributed by atoms with van der Waals surface area (Å²) in [5, 5.41) is 0. The summed E-state index contributed by atoms with van der Waals surface area (Å²) in [6, 6.07) is 5.93. The van der Waals surface area contributed by atoms with Crippen LogP contribution in [-0.4, -0.2) is 58.0 Å². The Morgan fingerprint density at radius 2 is 1.75 bits per heavy atom. The SMILES string of the molecule is C=CCN(CC=C)C(=O)COC(=O)CCNS(=O)(=O)c1ccc(OCC)cc1. The monoisotopic (exact) mass is 410 g/mol. The second-order valence-corrected chi connectivity index (χ2v) is 7.36. The van der Waals surface area contributed by atoms with Gasteiger partial charge < -0.3 is 14.4 Å². The molecule has 0 spiro atoms. The van der Waals surface area contributed by atoms with E-state index in [1.54, 1.807) is 24.3 Å². The number of hydrogen-bond acceptors (Lipinski definition) is 6. The lowest BCUT2D eigenvalue weighted by atomic mass is 10.3. The van der Waals surface area contributed by atoms with E-state index in [2.05, 4.69) is 17.9 Å². The predicted octanol–water partition coefficient (Wildman–Crippen LogP) is 1.50. The number of carbonyl (C=O) groups excluding carboxylic acids is 2. The van der Waals surface area contributed by atoms with Crippen molar-refractivity contribution in [1.29, 1.82) is 0 Å². The van der Waals surface area contributed by atoms with Crippen LogP contribution in [0.15, 0.2) is 54.5 Å². The normalized spacial score (nSPS) is 10.8. The highest BCUT2D eigenvalue weighted by Crippen LogP contribution is 2.15. The van der Waals surface area contributed by atoms with Crippen LogP contribution in [0.1, 0.15) is 13.3 Å². The predicted molar refractivity (Wildman–Crippen MR) is 105 cm³/mol. The molecule has 0 aromatic heterocycles. The summed E-state index contributed by atoms with van der Waals surface area (Å²) in [6.45, 7) is 9.47. The van der Waals surface area contributed by atoms with Crippen molar-refractivity contribution < 1.29 is 27.5 Å². The van der Waals surface area contributed by atoms with Gasteiger partial charge in [0.25, 0.3) is 5.91 Å². The van der Waals surface area contributed by atoms with Gasteiger partial charge in [0.1, 0.15) is 5.75 Å². The Bertz CT molecular complexity index is 764. The number of amides is 1. The number of hydrogen-bond donors (Lipinski definition) is 1. The minimum absolute atomic E-state index is 0.0593. The van der Waals surface area contributed by atoms with Crippen molar-refractivity contribution >= 4 is 21.9 Å². The fraction of sp³-hybridized carbons (Fsp3) is 0.368. The van der Waals surface area contributed by atoms with E-state index in [-0.39, 0.29) is 23.8 Å². The molecule has 0 radical (unpaired) electrons. The largest absolute Gasteiger partial charge is 0.494 e. The molecule has 1 aromatic carbocycles. The molecule has 1 N–H and O–H groups in total. The first kappa shape index (κ1) is 23.4. The number of ether oxygens (including phenoxy) is 2. The lowest BCUT2D eigenvalue weighted by Crippen LogP contribution is -2.35. The lowest BCUT2D eigenvalue weighted by Gasteiger charge is -2.18. The maximum Gasteiger partial charge on any atom is 0.307 e. The Balaban J connectivity index is 2.44. The van der Waals surface area contributed by atoms with Gasteiger partial charge in [-0.1, -0.05) is 12.2 Å². The van der Waals surface area contributed by atoms with Crippen molar-refractivity contribution in [2.45, 2.75) is 18.2 Å². The van der Waals surface area contributed by atoms with Crippen molar-refractivity contribution in [2.24, 2.45) is 0 Å². The summed E-state index contributed by atoms with van der Waals surface area (Å²) in [5.74, 6) is -0.500. The topological polar surface area (TPSA) is 102 Å². The van der Waals surface area contributed by atoms with E-state index in [1.165, 1.54) is 17.0 Å². The van der Waals surface area contributed by atoms with Crippen LogP contribution in [0.5, 0.6) is 5.75 Å². The molecule has 9 heteroatoms. The van der Waals surface area contributed by atoms with Crippen LogP contribution in [-0.2, 0) is 24.3 Å². The van der Waals surface area contributed by atoms with Crippen molar-refractivity contribution in [1.82, 2.24) is 9.62 Å². The molecule has 0 atom stereocenters. The molecule has 1 amide bonds. The second-order valence-electron chi connectivity index (χ2n) is 5.59. The Hall–Kier alpha value is -2.65. The Labute approximate surface area is 165 Å². The fourth-order valence-corrected chi connectivity index (χ4v) is 3.18. The van der Waals surface area contributed by atoms with Crippen LogP contribution in [0.25, 0.3) is 0 Å². The van der Waals surface area contributed by atoms with Gasteiger partial charge in [-0.2, -0.15) is 0 Å². The molecule has 0 bridgehead atoms. The van der Waals surface area contributed by atoms with Gasteiger partial charge in [0.15, 0.2) is 6.61 Å². The average Bonchev–Trinajstić information content (AvgIpc) is 2.66. The van der Waals surface area contributed by atoms with Gasteiger partial charge in [-0.05, 0) is 31.2 Å². The molecule has 0 aliphatic carbocycles. The Morgan fingerprint density at radius 1 is 1.14 bits per heavy atom. The smallest absolute Gasteiger partial charge is 0.307 e. The molecule has 8 nitrogen and oxygen atoms in total. The molecular weight excluding hydrogens is 384 g/mol. The van der Waals surface area contributed by atoms with Gasteiger partial charge in [0.2, 0.25) is 10.0 Å². The molecule has 0 saturated carbocycles. The molecule has 0 aliphatic heterocycles. The second kappa shape index (κ2) is 11.9. The number of carbonyl (C=O) groups is 2. The summed E-state index contributed by atoms with van der Waals surface area (Å²) >= 11 is 0. The van der Waals surface area contributed by atoms with Crippen LogP contribution >= 0.6 is 0 Å². The highest BCUT2D eigenvalue weighted by atomic mass is 32.2. The van der Waals surface area contributed by atoms with Crippen LogP contribution in [0.2, 0.25) is 0 Å². The van der Waals surface area contributed by atoms with E-state index in [9.17, 15) is 18.0 Å². The first-order chi connectivity index (χ1) is 13.3. The zero-order valence-electron chi connectivity index (χ0n) is 15.9. The minimum atomic E-state index is -3.76. The number of benzene rings is 1. The summed E-state index contributed by atoms with van der Waals surface area (Å²) in [4.78, 5) is 25.2. The number of rotatable bonds is 13. The van der Waals surface area contributed by atoms with Gasteiger partial charge >= 0.3 is 5.97 Å². The summed E-state index contributed by atoms with van der Waals surface area (Å²) < 4.78 is 36.9. The third kappa shape index (κ3) is 7.93. The molecular formula is C19H26N2O6S. The van der Waals surface area contributed by atoms with Crippen LogP contribution < -0.4 is 9.46 Å². The van der Waals surface area contributed by atoms with Gasteiger partial charge in [-0.25, -0.2) is 13.1 Å².